The van der Waals surface area contributed by atoms with E-state index in [1.807, 2.05) is 47.1 Å². The Morgan fingerprint density at radius 1 is 0.922 bits per heavy atom. The van der Waals surface area contributed by atoms with Gasteiger partial charge in [-0.3, -0.25) is 29.2 Å². The van der Waals surface area contributed by atoms with Crippen LogP contribution in [0.4, 0.5) is 15.3 Å². The molecule has 0 spiro atoms. The standard InChI is InChI=1S/C36H49BrClN7O6/c1-27-20-30(38)22-31(21-27)44-26-36(2,23-28-6-8-29(37)9-7-28)45(34(44)49)11-5-4-10-39-32(46)24-41-14-12-40(3)13-15-42(25-33(47)48)17-19-43(18-16-41)35(50)51/h3,6-9,20-22H,4-5,10-19,23-26H2,1-2H3,(H,39,46)(H,47,48)(H,50,51)/t36-/m0/s1. The van der Waals surface area contributed by atoms with Crippen LogP contribution in [0.2, 0.25) is 5.02 Å². The van der Waals surface area contributed by atoms with Crippen LogP contribution in [0.5, 0.6) is 0 Å². The van der Waals surface area contributed by atoms with Crippen molar-refractivity contribution in [3.63, 3.8) is 0 Å². The van der Waals surface area contributed by atoms with Gasteiger partial charge < -0.3 is 25.3 Å². The van der Waals surface area contributed by atoms with E-state index in [4.69, 9.17) is 18.6 Å². The molecule has 0 saturated carbocycles. The number of nitrogens with zero attached hydrogens (tertiary/aromatic N) is 6. The third-order valence-electron chi connectivity index (χ3n) is 9.36. The highest BCUT2D eigenvalue weighted by atomic mass is 79.9. The molecule has 0 unspecified atom stereocenters. The van der Waals surface area contributed by atoms with Gasteiger partial charge in [0, 0.05) is 87.7 Å². The molecule has 4 rings (SSSR count). The highest BCUT2D eigenvalue weighted by Crippen LogP contribution is 2.35. The second kappa shape index (κ2) is 18.9. The van der Waals surface area contributed by atoms with Crippen molar-refractivity contribution in [3.05, 3.63) is 70.1 Å². The third-order valence-corrected chi connectivity index (χ3v) is 10.1. The summed E-state index contributed by atoms with van der Waals surface area (Å²) in [6.45, 7) is 7.95. The summed E-state index contributed by atoms with van der Waals surface area (Å²) in [6, 6.07) is 13.7. The molecule has 2 radical (unpaired) electrons. The molecule has 278 valence electrons. The Balaban J connectivity index is 1.32. The molecule has 2 saturated heterocycles. The van der Waals surface area contributed by atoms with Gasteiger partial charge in [0.25, 0.3) is 0 Å². The number of benzene rings is 2. The number of hydrogen-bond donors (Lipinski definition) is 3. The van der Waals surface area contributed by atoms with Gasteiger partial charge in [-0.2, -0.15) is 0 Å². The van der Waals surface area contributed by atoms with Crippen LogP contribution >= 0.6 is 27.5 Å². The molecule has 3 N–H and O–H groups in total. The Morgan fingerprint density at radius 2 is 1.55 bits per heavy atom. The predicted octanol–water partition coefficient (Wildman–Crippen LogP) is 4.20. The van der Waals surface area contributed by atoms with E-state index in [0.717, 1.165) is 21.3 Å². The maximum Gasteiger partial charge on any atom is 0.407 e. The van der Waals surface area contributed by atoms with Crippen LogP contribution in [0.15, 0.2) is 46.9 Å². The Hall–Kier alpha value is -3.43. The van der Waals surface area contributed by atoms with Crippen molar-refractivity contribution in [2.45, 2.75) is 38.6 Å². The van der Waals surface area contributed by atoms with E-state index in [9.17, 15) is 29.4 Å². The van der Waals surface area contributed by atoms with Gasteiger partial charge >= 0.3 is 18.1 Å². The zero-order valence-electron chi connectivity index (χ0n) is 29.4. The van der Waals surface area contributed by atoms with Gasteiger partial charge in [0.15, 0.2) is 0 Å². The lowest BCUT2D eigenvalue weighted by atomic mass is 9.91. The first-order valence-corrected chi connectivity index (χ1v) is 18.4. The van der Waals surface area contributed by atoms with Gasteiger partial charge in [-0.05, 0) is 74.6 Å². The summed E-state index contributed by atoms with van der Waals surface area (Å²) < 4.78 is 0.992. The van der Waals surface area contributed by atoms with Crippen molar-refractivity contribution in [3.8, 4) is 0 Å². The average molecular weight is 791 g/mol. The monoisotopic (exact) mass is 789 g/mol. The van der Waals surface area contributed by atoms with Crippen LogP contribution < -0.4 is 10.2 Å². The van der Waals surface area contributed by atoms with Gasteiger partial charge in [0.1, 0.15) is 0 Å². The van der Waals surface area contributed by atoms with Crippen LogP contribution in [0.1, 0.15) is 30.9 Å². The molecule has 51 heavy (non-hydrogen) atoms. The fourth-order valence-electron chi connectivity index (χ4n) is 6.60. The summed E-state index contributed by atoms with van der Waals surface area (Å²) in [4.78, 5) is 60.2. The molecular weight excluding hydrogens is 742 g/mol. The van der Waals surface area contributed by atoms with E-state index in [2.05, 4.69) is 40.3 Å². The number of rotatable bonds is 12. The quantitative estimate of drug-likeness (QED) is 0.270. The number of anilines is 1. The topological polar surface area (TPSA) is 140 Å². The summed E-state index contributed by atoms with van der Waals surface area (Å²) in [5.41, 5.74) is 2.40. The fraction of sp³-hybridized carbons (Fsp3) is 0.528. The maximum atomic E-state index is 13.9. The van der Waals surface area contributed by atoms with Crippen LogP contribution in [-0.4, -0.2) is 149 Å². The number of carbonyl (C=O) groups is 4. The minimum absolute atomic E-state index is 0.0745. The summed E-state index contributed by atoms with van der Waals surface area (Å²) >= 11 is 9.88. The van der Waals surface area contributed by atoms with Crippen molar-refractivity contribution in [2.75, 3.05) is 90.0 Å². The molecule has 4 amide bonds. The number of nitrogens with one attached hydrogen (secondary N) is 1. The third kappa shape index (κ3) is 12.3. The second-order valence-corrected chi connectivity index (χ2v) is 15.0. The zero-order chi connectivity index (χ0) is 37.1. The van der Waals surface area contributed by atoms with E-state index in [1.165, 1.54) is 4.90 Å². The van der Waals surface area contributed by atoms with Crippen molar-refractivity contribution in [2.24, 2.45) is 0 Å². The number of hydrogen-bond acceptors (Lipinski definition) is 7. The molecule has 2 aromatic rings. The minimum Gasteiger partial charge on any atom is -0.480 e. The van der Waals surface area contributed by atoms with Crippen molar-refractivity contribution < 1.29 is 29.4 Å². The summed E-state index contributed by atoms with van der Waals surface area (Å²) in [5, 5.41) is 22.5. The number of amides is 4. The van der Waals surface area contributed by atoms with E-state index in [-0.39, 0.29) is 44.7 Å². The van der Waals surface area contributed by atoms with E-state index < -0.39 is 17.6 Å². The average Bonchev–Trinajstić information content (AvgIpc) is 3.30. The minimum atomic E-state index is -1.09. The highest BCUT2D eigenvalue weighted by Gasteiger charge is 2.46. The number of aliphatic carboxylic acids is 1. The van der Waals surface area contributed by atoms with Gasteiger partial charge in [0.05, 0.1) is 25.2 Å². The number of carboxylic acid groups (broad SMARTS) is 2. The van der Waals surface area contributed by atoms with Gasteiger partial charge in [-0.1, -0.05) is 39.7 Å². The Labute approximate surface area is 314 Å². The molecular formula is C36H49BrClN7O6. The molecule has 0 aromatic heterocycles. The van der Waals surface area contributed by atoms with Crippen LogP contribution in [-0.2, 0) is 16.0 Å². The molecule has 13 nitrogen and oxygen atoms in total. The number of carboxylic acids is 1. The van der Waals surface area contributed by atoms with Gasteiger partial charge in [-0.15, -0.1) is 0 Å². The van der Waals surface area contributed by atoms with Crippen molar-refractivity contribution in [1.29, 1.82) is 0 Å². The summed E-state index contributed by atoms with van der Waals surface area (Å²) in [6.07, 6.45) is 0.927. The normalized spacial score (nSPS) is 20.3. The van der Waals surface area contributed by atoms with Crippen LogP contribution in [0.25, 0.3) is 0 Å². The number of urea groups is 1. The van der Waals surface area contributed by atoms with Crippen molar-refractivity contribution >= 4 is 57.2 Å². The lowest BCUT2D eigenvalue weighted by molar-refractivity contribution is -0.138. The maximum absolute atomic E-state index is 13.9. The summed E-state index contributed by atoms with van der Waals surface area (Å²) in [7, 11) is 6.16. The number of unbranched alkanes of at least 4 members (excludes halogenated alkanes) is 1. The van der Waals surface area contributed by atoms with E-state index in [1.54, 1.807) is 14.7 Å². The Kier molecular flexibility index (Phi) is 14.9. The van der Waals surface area contributed by atoms with Crippen LogP contribution in [0, 0.1) is 14.0 Å². The highest BCUT2D eigenvalue weighted by molar-refractivity contribution is 9.10. The molecule has 0 bridgehead atoms. The van der Waals surface area contributed by atoms with Gasteiger partial charge in [-0.25, -0.2) is 9.59 Å². The molecule has 1 atom stereocenters. The Morgan fingerprint density at radius 3 is 2.16 bits per heavy atom. The number of aryl methyl sites for hydroxylation is 1. The lowest BCUT2D eigenvalue weighted by Gasteiger charge is -2.34. The van der Waals surface area contributed by atoms with Crippen molar-refractivity contribution in [1.82, 2.24) is 29.8 Å². The molecule has 2 heterocycles. The molecule has 0 aliphatic carbocycles. The lowest BCUT2D eigenvalue weighted by Crippen LogP contribution is -2.48. The fourth-order valence-corrected chi connectivity index (χ4v) is 7.14. The molecule has 2 aliphatic rings. The smallest absolute Gasteiger partial charge is 0.407 e. The molecule has 2 fully saturated rings. The van der Waals surface area contributed by atoms with Crippen LogP contribution in [0.3, 0.4) is 0 Å². The first-order chi connectivity index (χ1) is 24.2. The predicted molar refractivity (Wildman–Crippen MR) is 200 cm³/mol. The van der Waals surface area contributed by atoms with E-state index >= 15 is 0 Å². The molecule has 15 heteroatoms. The van der Waals surface area contributed by atoms with E-state index in [0.29, 0.717) is 76.6 Å². The zero-order valence-corrected chi connectivity index (χ0v) is 31.7. The molecule has 2 aliphatic heterocycles. The number of halogens is 2. The van der Waals surface area contributed by atoms with Gasteiger partial charge in [0.2, 0.25) is 5.91 Å². The SMILES string of the molecule is [CH]N1CCN(CC(=O)O)CCN(C(=O)O)CCN(CC(=O)NCCCCN2C(=O)N(c3cc(C)cc(Cl)c3)C[C@]2(C)Cc2ccc(Br)cc2)CC1. The number of carbonyl (C=O) groups excluding carboxylic acids is 2. The first kappa shape index (κ1) is 40.3. The largest absolute Gasteiger partial charge is 0.480 e. The Bertz CT molecular complexity index is 1500. The second-order valence-electron chi connectivity index (χ2n) is 13.6. The first-order valence-electron chi connectivity index (χ1n) is 17.2. The molecule has 2 aromatic carbocycles. The summed E-state index contributed by atoms with van der Waals surface area (Å²) in [5.74, 6) is -1.17.